The third kappa shape index (κ3) is 5.44. The number of anilines is 1. The van der Waals surface area contributed by atoms with Gasteiger partial charge in [0.15, 0.2) is 11.0 Å². The number of nitrogens with one attached hydrogen (secondary N) is 1. The average Bonchev–Trinajstić information content (AvgIpc) is 3.32. The van der Waals surface area contributed by atoms with Gasteiger partial charge in [0.05, 0.1) is 5.75 Å². The van der Waals surface area contributed by atoms with Crippen LogP contribution in [0, 0.1) is 6.92 Å². The number of amides is 1. The number of rotatable bonds is 6. The molecule has 0 spiro atoms. The molecule has 1 aromatic heterocycles. The van der Waals surface area contributed by atoms with E-state index in [2.05, 4.69) is 91.7 Å². The minimum absolute atomic E-state index is 0.0710. The zero-order chi connectivity index (χ0) is 26.0. The third-order valence-corrected chi connectivity index (χ3v) is 7.26. The normalized spacial score (nSPS) is 11.6. The Hall–Kier alpha value is -3.90. The maximum atomic E-state index is 12.9. The summed E-state index contributed by atoms with van der Waals surface area (Å²) < 4.78 is 2.03. The number of nitrogens with zero attached hydrogens (tertiary/aromatic N) is 3. The number of hydrogen-bond donors (Lipinski definition) is 1. The molecule has 5 aromatic rings. The zero-order valence-electron chi connectivity index (χ0n) is 21.5. The van der Waals surface area contributed by atoms with E-state index < -0.39 is 0 Å². The van der Waals surface area contributed by atoms with Gasteiger partial charge >= 0.3 is 0 Å². The molecule has 1 N–H and O–H groups in total. The molecule has 0 radical (unpaired) electrons. The molecule has 4 aromatic carbocycles. The maximum Gasteiger partial charge on any atom is 0.234 e. The molecular formula is C31H30N4OS. The standard InChI is InChI=1S/C31H30N4OS/c1-21-12-18-25(19-13-21)35-29(23-14-16-24(17-15-23)31(2,3)4)33-34-30(35)37-20-28(36)32-27-11-7-9-22-8-5-6-10-26(22)27/h5-19H,20H2,1-4H3,(H,32,36). The number of fused-ring (bicyclic) bond motifs is 1. The van der Waals surface area contributed by atoms with E-state index in [-0.39, 0.29) is 17.1 Å². The lowest BCUT2D eigenvalue weighted by Gasteiger charge is -2.19. The molecule has 1 amide bonds. The summed E-state index contributed by atoms with van der Waals surface area (Å²) in [5.74, 6) is 0.882. The van der Waals surface area contributed by atoms with Gasteiger partial charge in [0, 0.05) is 22.3 Å². The van der Waals surface area contributed by atoms with Gasteiger partial charge in [0.2, 0.25) is 5.91 Å². The van der Waals surface area contributed by atoms with E-state index in [1.807, 2.05) is 47.0 Å². The highest BCUT2D eigenvalue weighted by Crippen LogP contribution is 2.31. The van der Waals surface area contributed by atoms with Crippen LogP contribution in [-0.4, -0.2) is 26.4 Å². The molecule has 0 saturated heterocycles. The predicted molar refractivity (Wildman–Crippen MR) is 154 cm³/mol. The SMILES string of the molecule is Cc1ccc(-n2c(SCC(=O)Nc3cccc4ccccc34)nnc2-c2ccc(C(C)(C)C)cc2)cc1. The van der Waals surface area contributed by atoms with Crippen LogP contribution >= 0.6 is 11.8 Å². The monoisotopic (exact) mass is 506 g/mol. The summed E-state index contributed by atoms with van der Waals surface area (Å²) in [6.07, 6.45) is 0. The van der Waals surface area contributed by atoms with Crippen molar-refractivity contribution in [3.63, 3.8) is 0 Å². The molecule has 0 saturated carbocycles. The van der Waals surface area contributed by atoms with Crippen molar-refractivity contribution in [1.82, 2.24) is 14.8 Å². The van der Waals surface area contributed by atoms with Gasteiger partial charge in [0.1, 0.15) is 0 Å². The smallest absolute Gasteiger partial charge is 0.234 e. The number of carbonyl (C=O) groups excluding carboxylic acids is 1. The molecule has 6 heteroatoms. The Labute approximate surface area is 222 Å². The number of aryl methyl sites for hydroxylation is 1. The van der Waals surface area contributed by atoms with Gasteiger partial charge < -0.3 is 5.32 Å². The maximum absolute atomic E-state index is 12.9. The molecule has 0 bridgehead atoms. The molecule has 0 aliphatic carbocycles. The summed E-state index contributed by atoms with van der Waals surface area (Å²) >= 11 is 1.38. The molecule has 186 valence electrons. The number of thioether (sulfide) groups is 1. The molecule has 0 unspecified atom stereocenters. The lowest BCUT2D eigenvalue weighted by molar-refractivity contribution is -0.113. The van der Waals surface area contributed by atoms with E-state index >= 15 is 0 Å². The quantitative estimate of drug-likeness (QED) is 0.243. The van der Waals surface area contributed by atoms with Gasteiger partial charge in [0.25, 0.3) is 0 Å². The van der Waals surface area contributed by atoms with Gasteiger partial charge in [-0.1, -0.05) is 111 Å². The Balaban J connectivity index is 1.42. The summed E-state index contributed by atoms with van der Waals surface area (Å²) in [5.41, 5.74) is 5.26. The van der Waals surface area contributed by atoms with Crippen LogP contribution in [0.1, 0.15) is 31.9 Å². The van der Waals surface area contributed by atoms with Gasteiger partial charge in [-0.25, -0.2) is 0 Å². The van der Waals surface area contributed by atoms with Crippen molar-refractivity contribution in [2.75, 3.05) is 11.1 Å². The van der Waals surface area contributed by atoms with Gasteiger partial charge in [-0.3, -0.25) is 9.36 Å². The summed E-state index contributed by atoms with van der Waals surface area (Å²) in [4.78, 5) is 12.9. The second-order valence-electron chi connectivity index (χ2n) is 10.2. The molecule has 0 atom stereocenters. The van der Waals surface area contributed by atoms with Crippen LogP contribution in [0.5, 0.6) is 0 Å². The number of aromatic nitrogens is 3. The Kier molecular flexibility index (Phi) is 6.85. The first-order chi connectivity index (χ1) is 17.8. The molecule has 1 heterocycles. The highest BCUT2D eigenvalue weighted by molar-refractivity contribution is 7.99. The molecule has 5 nitrogen and oxygen atoms in total. The van der Waals surface area contributed by atoms with Gasteiger partial charge in [-0.15, -0.1) is 10.2 Å². The summed E-state index contributed by atoms with van der Waals surface area (Å²) in [6.45, 7) is 8.67. The van der Waals surface area contributed by atoms with Crippen molar-refractivity contribution in [1.29, 1.82) is 0 Å². The highest BCUT2D eigenvalue weighted by Gasteiger charge is 2.19. The molecule has 0 aliphatic heterocycles. The first kappa shape index (κ1) is 24.8. The zero-order valence-corrected chi connectivity index (χ0v) is 22.3. The molecule has 37 heavy (non-hydrogen) atoms. The lowest BCUT2D eigenvalue weighted by atomic mass is 9.87. The minimum Gasteiger partial charge on any atom is -0.325 e. The second kappa shape index (κ2) is 10.2. The second-order valence-corrected chi connectivity index (χ2v) is 11.1. The summed E-state index contributed by atoms with van der Waals surface area (Å²) in [5, 5.41) is 14.9. The van der Waals surface area contributed by atoms with E-state index in [4.69, 9.17) is 0 Å². The van der Waals surface area contributed by atoms with Crippen molar-refractivity contribution in [2.45, 2.75) is 38.3 Å². The van der Waals surface area contributed by atoms with Crippen molar-refractivity contribution in [3.8, 4) is 17.1 Å². The largest absolute Gasteiger partial charge is 0.325 e. The van der Waals surface area contributed by atoms with E-state index in [1.165, 1.54) is 22.9 Å². The van der Waals surface area contributed by atoms with Crippen molar-refractivity contribution < 1.29 is 4.79 Å². The fraction of sp³-hybridized carbons (Fsp3) is 0.194. The Morgan fingerprint density at radius 1 is 0.865 bits per heavy atom. The molecular weight excluding hydrogens is 476 g/mol. The van der Waals surface area contributed by atoms with Crippen LogP contribution < -0.4 is 5.32 Å². The predicted octanol–water partition coefficient (Wildman–Crippen LogP) is 7.42. The van der Waals surface area contributed by atoms with E-state index in [0.717, 1.165) is 33.5 Å². The Morgan fingerprint density at radius 2 is 1.57 bits per heavy atom. The molecule has 0 aliphatic rings. The topological polar surface area (TPSA) is 59.8 Å². The van der Waals surface area contributed by atoms with E-state index in [9.17, 15) is 4.79 Å². The number of carbonyl (C=O) groups is 1. The van der Waals surface area contributed by atoms with Crippen molar-refractivity contribution >= 4 is 34.1 Å². The van der Waals surface area contributed by atoms with Crippen LogP contribution in [0.3, 0.4) is 0 Å². The minimum atomic E-state index is -0.0871. The first-order valence-corrected chi connectivity index (χ1v) is 13.3. The van der Waals surface area contributed by atoms with Crippen LogP contribution in [-0.2, 0) is 10.2 Å². The average molecular weight is 507 g/mol. The van der Waals surface area contributed by atoms with Gasteiger partial charge in [-0.2, -0.15) is 0 Å². The van der Waals surface area contributed by atoms with Crippen molar-refractivity contribution in [3.05, 3.63) is 102 Å². The van der Waals surface area contributed by atoms with Crippen LogP contribution in [0.4, 0.5) is 5.69 Å². The fourth-order valence-electron chi connectivity index (χ4n) is 4.25. The van der Waals surface area contributed by atoms with Crippen molar-refractivity contribution in [2.24, 2.45) is 0 Å². The highest BCUT2D eigenvalue weighted by atomic mass is 32.2. The molecule has 0 fully saturated rings. The molecule has 5 rings (SSSR count). The van der Waals surface area contributed by atoms with Gasteiger partial charge in [-0.05, 0) is 41.5 Å². The lowest BCUT2D eigenvalue weighted by Crippen LogP contribution is -2.15. The summed E-state index contributed by atoms with van der Waals surface area (Å²) in [7, 11) is 0. The van der Waals surface area contributed by atoms with Crippen LogP contribution in [0.15, 0.2) is 96.2 Å². The number of hydrogen-bond acceptors (Lipinski definition) is 4. The first-order valence-electron chi connectivity index (χ1n) is 12.3. The van der Waals surface area contributed by atoms with Crippen LogP contribution in [0.25, 0.3) is 27.8 Å². The summed E-state index contributed by atoms with van der Waals surface area (Å²) in [6, 6.07) is 30.7. The fourth-order valence-corrected chi connectivity index (χ4v) is 5.00. The van der Waals surface area contributed by atoms with E-state index in [0.29, 0.717) is 5.16 Å². The van der Waals surface area contributed by atoms with Crippen LogP contribution in [0.2, 0.25) is 0 Å². The number of benzene rings is 4. The Morgan fingerprint density at radius 3 is 2.30 bits per heavy atom. The Bertz CT molecular complexity index is 1540. The van der Waals surface area contributed by atoms with E-state index in [1.54, 1.807) is 0 Å². The third-order valence-electron chi connectivity index (χ3n) is 6.33.